The van der Waals surface area contributed by atoms with Gasteiger partial charge in [-0.1, -0.05) is 214 Å². The molecule has 0 aromatic carbocycles. The lowest BCUT2D eigenvalue weighted by Crippen LogP contribution is -1.99. The Bertz CT molecular complexity index is 359. The predicted molar refractivity (Wildman–Crippen MR) is 164 cm³/mol. The van der Waals surface area contributed by atoms with E-state index in [2.05, 4.69) is 27.7 Å². The molecule has 0 aromatic heterocycles. The van der Waals surface area contributed by atoms with Gasteiger partial charge in [0.15, 0.2) is 0 Å². The van der Waals surface area contributed by atoms with Gasteiger partial charge in [0.25, 0.3) is 0 Å². The van der Waals surface area contributed by atoms with Gasteiger partial charge >= 0.3 is 0 Å². The molecule has 0 bridgehead atoms. The molecule has 0 radical (unpaired) electrons. The average Bonchev–Trinajstić information content (AvgIpc) is 2.85. The maximum atomic E-state index is 2.51. The second-order valence-corrected chi connectivity index (χ2v) is 12.5. The molecule has 35 heavy (non-hydrogen) atoms. The number of hydrogen-bond donors (Lipinski definition) is 0. The highest BCUT2D eigenvalue weighted by atomic mass is 14.1. The molecular weight excluding hydrogens is 420 g/mol. The first-order valence-electron chi connectivity index (χ1n) is 17.2. The highest BCUT2D eigenvalue weighted by Gasteiger charge is 2.06. The molecule has 0 nitrogen and oxygen atoms in total. The summed E-state index contributed by atoms with van der Waals surface area (Å²) in [6, 6.07) is 0. The Hall–Kier alpha value is 0. The van der Waals surface area contributed by atoms with Crippen molar-refractivity contribution in [1.29, 1.82) is 0 Å². The third-order valence-corrected chi connectivity index (χ3v) is 8.49. The van der Waals surface area contributed by atoms with Gasteiger partial charge in [-0.05, 0) is 11.8 Å². The fraction of sp³-hybridized carbons (Fsp3) is 1.00. The van der Waals surface area contributed by atoms with Crippen LogP contribution in [-0.4, -0.2) is 0 Å². The van der Waals surface area contributed by atoms with E-state index < -0.39 is 0 Å². The minimum absolute atomic E-state index is 0.955. The second-order valence-electron chi connectivity index (χ2n) is 12.5. The lowest BCUT2D eigenvalue weighted by Gasteiger charge is -2.14. The predicted octanol–water partition coefficient (Wildman–Crippen LogP) is 13.6. The van der Waals surface area contributed by atoms with Crippen LogP contribution in [0.5, 0.6) is 0 Å². The molecule has 0 N–H and O–H groups in total. The van der Waals surface area contributed by atoms with Crippen molar-refractivity contribution < 1.29 is 0 Å². The fourth-order valence-corrected chi connectivity index (χ4v) is 5.77. The zero-order chi connectivity index (χ0) is 25.7. The van der Waals surface area contributed by atoms with Crippen LogP contribution in [0.25, 0.3) is 0 Å². The molecule has 0 rings (SSSR count). The molecular formula is C35H72. The zero-order valence-electron chi connectivity index (χ0n) is 25.7. The largest absolute Gasteiger partial charge is 0.0654 e. The van der Waals surface area contributed by atoms with E-state index in [0.717, 1.165) is 11.8 Å². The monoisotopic (exact) mass is 493 g/mol. The third kappa shape index (κ3) is 30.1. The Labute approximate surface area is 225 Å². The van der Waals surface area contributed by atoms with Crippen LogP contribution in [0, 0.1) is 11.8 Å². The molecule has 0 aliphatic carbocycles. The smallest absolute Gasteiger partial charge is 0.0443 e. The van der Waals surface area contributed by atoms with E-state index in [1.807, 2.05) is 0 Å². The summed E-state index contributed by atoms with van der Waals surface area (Å²) >= 11 is 0. The highest BCUT2D eigenvalue weighted by Crippen LogP contribution is 2.22. The van der Waals surface area contributed by atoms with Gasteiger partial charge in [-0.3, -0.25) is 0 Å². The van der Waals surface area contributed by atoms with Gasteiger partial charge in [0.05, 0.1) is 0 Å². The zero-order valence-corrected chi connectivity index (χ0v) is 25.7. The van der Waals surface area contributed by atoms with E-state index in [-0.39, 0.29) is 0 Å². The van der Waals surface area contributed by atoms with E-state index in [4.69, 9.17) is 0 Å². The number of rotatable bonds is 30. The highest BCUT2D eigenvalue weighted by molar-refractivity contribution is 4.59. The SMILES string of the molecule is CCCCCCCCCCCCCCCCC(C)CCCC(C)CCCCCCCCCCCC. The Morgan fingerprint density at radius 3 is 0.714 bits per heavy atom. The first-order valence-corrected chi connectivity index (χ1v) is 17.2. The van der Waals surface area contributed by atoms with Crippen molar-refractivity contribution in [3.8, 4) is 0 Å². The van der Waals surface area contributed by atoms with Crippen LogP contribution >= 0.6 is 0 Å². The lowest BCUT2D eigenvalue weighted by atomic mass is 9.92. The van der Waals surface area contributed by atoms with Crippen molar-refractivity contribution in [2.45, 2.75) is 214 Å². The Morgan fingerprint density at radius 2 is 0.457 bits per heavy atom. The van der Waals surface area contributed by atoms with Crippen molar-refractivity contribution in [3.05, 3.63) is 0 Å². The number of unbranched alkanes of at least 4 members (excludes halogenated alkanes) is 22. The average molecular weight is 493 g/mol. The topological polar surface area (TPSA) is 0 Å². The van der Waals surface area contributed by atoms with E-state index >= 15 is 0 Å². The molecule has 0 aromatic rings. The van der Waals surface area contributed by atoms with Crippen LogP contribution in [0.4, 0.5) is 0 Å². The van der Waals surface area contributed by atoms with Crippen LogP contribution in [0.15, 0.2) is 0 Å². The molecule has 0 saturated heterocycles. The lowest BCUT2D eigenvalue weighted by molar-refractivity contribution is 0.390. The summed E-state index contributed by atoms with van der Waals surface area (Å²) in [4.78, 5) is 0. The maximum Gasteiger partial charge on any atom is -0.0443 e. The molecule has 0 heteroatoms. The summed E-state index contributed by atoms with van der Waals surface area (Å²) in [7, 11) is 0. The van der Waals surface area contributed by atoms with E-state index in [0.29, 0.717) is 0 Å². The van der Waals surface area contributed by atoms with Gasteiger partial charge in [-0.15, -0.1) is 0 Å². The summed E-state index contributed by atoms with van der Waals surface area (Å²) < 4.78 is 0. The van der Waals surface area contributed by atoms with E-state index in [1.54, 1.807) is 0 Å². The Kier molecular flexibility index (Phi) is 30.2. The summed E-state index contributed by atoms with van der Waals surface area (Å²) in [5.41, 5.74) is 0. The van der Waals surface area contributed by atoms with E-state index in [9.17, 15) is 0 Å². The quantitative estimate of drug-likeness (QED) is 0.0874. The van der Waals surface area contributed by atoms with Gasteiger partial charge in [0.2, 0.25) is 0 Å². The van der Waals surface area contributed by atoms with Crippen molar-refractivity contribution in [2.24, 2.45) is 11.8 Å². The molecule has 0 heterocycles. The van der Waals surface area contributed by atoms with Crippen molar-refractivity contribution in [1.82, 2.24) is 0 Å². The molecule has 0 aliphatic heterocycles. The maximum absolute atomic E-state index is 2.51. The Morgan fingerprint density at radius 1 is 0.257 bits per heavy atom. The van der Waals surface area contributed by atoms with Gasteiger partial charge in [0.1, 0.15) is 0 Å². The standard InChI is InChI=1S/C35H72/c1-5-7-9-11-13-15-17-18-19-20-22-24-26-28-31-35(4)33-29-32-34(3)30-27-25-23-21-16-14-12-10-8-6-2/h34-35H,5-33H2,1-4H3. The summed E-state index contributed by atoms with van der Waals surface area (Å²) in [5, 5.41) is 0. The molecule has 0 saturated carbocycles. The van der Waals surface area contributed by atoms with Crippen molar-refractivity contribution in [2.75, 3.05) is 0 Å². The normalized spacial score (nSPS) is 13.4. The summed E-state index contributed by atoms with van der Waals surface area (Å²) in [6.45, 7) is 9.63. The molecule has 2 atom stereocenters. The summed E-state index contributed by atoms with van der Waals surface area (Å²) in [6.07, 6.45) is 42.6. The number of hydrogen-bond acceptors (Lipinski definition) is 0. The van der Waals surface area contributed by atoms with Gasteiger partial charge in [-0.25, -0.2) is 0 Å². The van der Waals surface area contributed by atoms with Crippen LogP contribution in [0.3, 0.4) is 0 Å². The molecule has 0 amide bonds. The van der Waals surface area contributed by atoms with Crippen LogP contribution in [0.2, 0.25) is 0 Å². The van der Waals surface area contributed by atoms with Crippen LogP contribution in [-0.2, 0) is 0 Å². The van der Waals surface area contributed by atoms with Crippen LogP contribution in [0.1, 0.15) is 214 Å². The summed E-state index contributed by atoms with van der Waals surface area (Å²) in [5.74, 6) is 1.91. The molecule has 0 aliphatic rings. The van der Waals surface area contributed by atoms with Crippen molar-refractivity contribution >= 4 is 0 Å². The fourth-order valence-electron chi connectivity index (χ4n) is 5.77. The first kappa shape index (κ1) is 35.0. The second kappa shape index (κ2) is 30.2. The van der Waals surface area contributed by atoms with Crippen molar-refractivity contribution in [3.63, 3.8) is 0 Å². The van der Waals surface area contributed by atoms with Gasteiger partial charge in [0, 0.05) is 0 Å². The first-order chi connectivity index (χ1) is 17.2. The molecule has 2 unspecified atom stereocenters. The third-order valence-electron chi connectivity index (χ3n) is 8.49. The van der Waals surface area contributed by atoms with Gasteiger partial charge < -0.3 is 0 Å². The molecule has 0 spiro atoms. The molecule has 212 valence electrons. The van der Waals surface area contributed by atoms with Gasteiger partial charge in [-0.2, -0.15) is 0 Å². The Balaban J connectivity index is 3.26. The minimum Gasteiger partial charge on any atom is -0.0654 e. The minimum atomic E-state index is 0.955. The van der Waals surface area contributed by atoms with E-state index in [1.165, 1.54) is 186 Å². The van der Waals surface area contributed by atoms with Crippen LogP contribution < -0.4 is 0 Å². The molecule has 0 fully saturated rings.